The van der Waals surface area contributed by atoms with Crippen molar-refractivity contribution >= 4 is 16.8 Å². The van der Waals surface area contributed by atoms with Crippen LogP contribution in [0.4, 0.5) is 0 Å². The van der Waals surface area contributed by atoms with Crippen molar-refractivity contribution in [1.29, 1.82) is 0 Å². The largest absolute Gasteiger partial charge is 0.391 e. The summed E-state index contributed by atoms with van der Waals surface area (Å²) in [5.74, 6) is 0.372. The molecule has 25 heavy (non-hydrogen) atoms. The highest BCUT2D eigenvalue weighted by Gasteiger charge is 2.33. The number of fused-ring (bicyclic) bond motifs is 1. The Hall–Kier alpha value is -1.98. The van der Waals surface area contributed by atoms with Crippen LogP contribution in [-0.4, -0.2) is 64.6 Å². The molecule has 132 valence electrons. The molecule has 5 nitrogen and oxygen atoms in total. The zero-order chi connectivity index (χ0) is 17.2. The highest BCUT2D eigenvalue weighted by Crippen LogP contribution is 2.25. The summed E-state index contributed by atoms with van der Waals surface area (Å²) >= 11 is 0. The molecule has 3 heterocycles. The van der Waals surface area contributed by atoms with Gasteiger partial charge in [0.05, 0.1) is 18.2 Å². The number of carbonyl (C=O) groups excluding carboxylic acids is 1. The molecule has 5 heteroatoms. The Balaban J connectivity index is 1.42. The molecule has 2 atom stereocenters. The van der Waals surface area contributed by atoms with Crippen molar-refractivity contribution in [2.45, 2.75) is 25.4 Å². The summed E-state index contributed by atoms with van der Waals surface area (Å²) in [6, 6.07) is 10.2. The zero-order valence-electron chi connectivity index (χ0n) is 14.5. The number of aliphatic hydroxyl groups is 1. The predicted octanol–water partition coefficient (Wildman–Crippen LogP) is 1.69. The number of hydrogen-bond donors (Lipinski definition) is 1. The molecule has 2 fully saturated rings. The highest BCUT2D eigenvalue weighted by molar-refractivity contribution is 5.82. The van der Waals surface area contributed by atoms with Gasteiger partial charge in [-0.2, -0.15) is 0 Å². The predicted molar refractivity (Wildman–Crippen MR) is 97.2 cm³/mol. The summed E-state index contributed by atoms with van der Waals surface area (Å²) in [4.78, 5) is 20.8. The van der Waals surface area contributed by atoms with E-state index in [-0.39, 0.29) is 17.9 Å². The summed E-state index contributed by atoms with van der Waals surface area (Å²) < 4.78 is 0. The van der Waals surface area contributed by atoms with Crippen molar-refractivity contribution in [3.05, 3.63) is 42.1 Å². The molecule has 0 bridgehead atoms. The first-order valence-electron chi connectivity index (χ1n) is 9.21. The molecule has 1 aromatic heterocycles. The average molecular weight is 339 g/mol. The standard InChI is InChI=1S/C20H25N3O2/c24-19-13-22(14-20(25)23-9-3-4-10-23)12-16(19)11-15-7-8-21-18-6-2-1-5-17(15)18/h1-2,5-8,16,19,24H,3-4,9-14H2/t16-,19-/m1/s1. The third-order valence-electron chi connectivity index (χ3n) is 5.52. The van der Waals surface area contributed by atoms with E-state index in [1.54, 1.807) is 0 Å². The fourth-order valence-electron chi connectivity index (χ4n) is 4.14. The Kier molecular flexibility index (Phi) is 4.68. The molecule has 2 aromatic rings. The van der Waals surface area contributed by atoms with E-state index in [9.17, 15) is 9.90 Å². The van der Waals surface area contributed by atoms with Crippen LogP contribution in [0.3, 0.4) is 0 Å². The molecule has 0 spiro atoms. The van der Waals surface area contributed by atoms with Crippen molar-refractivity contribution in [3.8, 4) is 0 Å². The van der Waals surface area contributed by atoms with E-state index in [1.165, 1.54) is 5.56 Å². The van der Waals surface area contributed by atoms with Gasteiger partial charge in [-0.1, -0.05) is 18.2 Å². The van der Waals surface area contributed by atoms with Gasteiger partial charge in [0.2, 0.25) is 5.91 Å². The van der Waals surface area contributed by atoms with Gasteiger partial charge in [-0.05, 0) is 37.0 Å². The number of pyridine rings is 1. The van der Waals surface area contributed by atoms with Crippen LogP contribution in [0.5, 0.6) is 0 Å². The van der Waals surface area contributed by atoms with Gasteiger partial charge >= 0.3 is 0 Å². The molecule has 0 saturated carbocycles. The van der Waals surface area contributed by atoms with Crippen molar-refractivity contribution in [2.24, 2.45) is 5.92 Å². The van der Waals surface area contributed by atoms with Gasteiger partial charge in [-0.15, -0.1) is 0 Å². The molecule has 1 amide bonds. The lowest BCUT2D eigenvalue weighted by molar-refractivity contribution is -0.131. The molecule has 2 aliphatic rings. The van der Waals surface area contributed by atoms with Gasteiger partial charge in [-0.3, -0.25) is 14.7 Å². The molecule has 1 aromatic carbocycles. The van der Waals surface area contributed by atoms with Crippen LogP contribution in [0, 0.1) is 5.92 Å². The number of β-amino-alcohol motifs (C(OH)–C–C–N with tert-alkyl or cyclic N) is 1. The fraction of sp³-hybridized carbons (Fsp3) is 0.500. The number of nitrogens with zero attached hydrogens (tertiary/aromatic N) is 3. The van der Waals surface area contributed by atoms with Crippen LogP contribution in [0.25, 0.3) is 10.9 Å². The number of aromatic nitrogens is 1. The molecule has 1 N–H and O–H groups in total. The lowest BCUT2D eigenvalue weighted by Crippen LogP contribution is -2.38. The molecule has 0 aliphatic carbocycles. The first-order valence-corrected chi connectivity index (χ1v) is 9.21. The maximum absolute atomic E-state index is 12.3. The van der Waals surface area contributed by atoms with Crippen LogP contribution >= 0.6 is 0 Å². The number of hydrogen-bond acceptors (Lipinski definition) is 4. The second-order valence-electron chi connectivity index (χ2n) is 7.30. The van der Waals surface area contributed by atoms with Gasteiger partial charge in [-0.25, -0.2) is 0 Å². The Bertz CT molecular complexity index is 752. The number of benzene rings is 1. The van der Waals surface area contributed by atoms with E-state index in [0.717, 1.165) is 49.8 Å². The molecule has 4 rings (SSSR count). The normalized spacial score (nSPS) is 24.3. The van der Waals surface area contributed by atoms with Crippen LogP contribution < -0.4 is 0 Å². The number of amides is 1. The van der Waals surface area contributed by atoms with Crippen LogP contribution in [0.1, 0.15) is 18.4 Å². The van der Waals surface area contributed by atoms with E-state index in [4.69, 9.17) is 0 Å². The minimum absolute atomic E-state index is 0.164. The van der Waals surface area contributed by atoms with Gasteiger partial charge in [0.1, 0.15) is 0 Å². The monoisotopic (exact) mass is 339 g/mol. The van der Waals surface area contributed by atoms with Crippen LogP contribution in [0.2, 0.25) is 0 Å². The second kappa shape index (κ2) is 7.10. The smallest absolute Gasteiger partial charge is 0.236 e. The summed E-state index contributed by atoms with van der Waals surface area (Å²) in [7, 11) is 0. The first kappa shape index (κ1) is 16.5. The SMILES string of the molecule is O=C(CN1C[C@@H](Cc2ccnc3ccccc23)[C@H](O)C1)N1CCCC1. The lowest BCUT2D eigenvalue weighted by atomic mass is 9.94. The van der Waals surface area contributed by atoms with E-state index in [1.807, 2.05) is 35.4 Å². The lowest BCUT2D eigenvalue weighted by Gasteiger charge is -2.20. The van der Waals surface area contributed by atoms with Gasteiger partial charge in [0.25, 0.3) is 0 Å². The van der Waals surface area contributed by atoms with Gasteiger partial charge < -0.3 is 10.0 Å². The molecule has 0 unspecified atom stereocenters. The first-order chi connectivity index (χ1) is 12.2. The molecule has 0 radical (unpaired) electrons. The maximum atomic E-state index is 12.3. The van der Waals surface area contributed by atoms with Crippen LogP contribution in [0.15, 0.2) is 36.5 Å². The Morgan fingerprint density at radius 3 is 2.80 bits per heavy atom. The number of aliphatic hydroxyl groups excluding tert-OH is 1. The van der Waals surface area contributed by atoms with E-state index in [0.29, 0.717) is 13.1 Å². The van der Waals surface area contributed by atoms with E-state index < -0.39 is 0 Å². The molecular weight excluding hydrogens is 314 g/mol. The van der Waals surface area contributed by atoms with Crippen molar-refractivity contribution in [2.75, 3.05) is 32.7 Å². The summed E-state index contributed by atoms with van der Waals surface area (Å²) in [5, 5.41) is 11.6. The van der Waals surface area contributed by atoms with Crippen molar-refractivity contribution in [3.63, 3.8) is 0 Å². The third kappa shape index (κ3) is 3.53. The maximum Gasteiger partial charge on any atom is 0.236 e. The Morgan fingerprint density at radius 2 is 1.96 bits per heavy atom. The quantitative estimate of drug-likeness (QED) is 0.921. The van der Waals surface area contributed by atoms with Gasteiger partial charge in [0, 0.05) is 43.7 Å². The average Bonchev–Trinajstić information content (AvgIpc) is 3.26. The van der Waals surface area contributed by atoms with E-state index >= 15 is 0 Å². The van der Waals surface area contributed by atoms with Crippen LogP contribution in [-0.2, 0) is 11.2 Å². The van der Waals surface area contributed by atoms with Crippen molar-refractivity contribution in [1.82, 2.24) is 14.8 Å². The number of carbonyl (C=O) groups is 1. The summed E-state index contributed by atoms with van der Waals surface area (Å²) in [6.45, 7) is 3.58. The highest BCUT2D eigenvalue weighted by atomic mass is 16.3. The minimum Gasteiger partial charge on any atom is -0.391 e. The zero-order valence-corrected chi connectivity index (χ0v) is 14.5. The Labute approximate surface area is 148 Å². The fourth-order valence-corrected chi connectivity index (χ4v) is 4.14. The molecule has 2 aliphatic heterocycles. The second-order valence-corrected chi connectivity index (χ2v) is 7.30. The minimum atomic E-state index is -0.377. The molecular formula is C20H25N3O2. The summed E-state index contributed by atoms with van der Waals surface area (Å²) in [5.41, 5.74) is 2.22. The number of likely N-dealkylation sites (tertiary alicyclic amines) is 2. The molecule has 2 saturated heterocycles. The third-order valence-corrected chi connectivity index (χ3v) is 5.52. The Morgan fingerprint density at radius 1 is 1.16 bits per heavy atom. The topological polar surface area (TPSA) is 56.7 Å². The number of para-hydroxylation sites is 1. The summed E-state index contributed by atoms with van der Waals surface area (Å²) in [6.07, 6.45) is 4.52. The number of rotatable bonds is 4. The van der Waals surface area contributed by atoms with E-state index in [2.05, 4.69) is 16.0 Å². The van der Waals surface area contributed by atoms with Gasteiger partial charge in [0.15, 0.2) is 0 Å². The van der Waals surface area contributed by atoms with Crippen molar-refractivity contribution < 1.29 is 9.90 Å².